The molecule has 0 spiro atoms. The highest BCUT2D eigenvalue weighted by Crippen LogP contribution is 2.36. The van der Waals surface area contributed by atoms with Crippen LogP contribution in [0, 0.1) is 0 Å². The lowest BCUT2D eigenvalue weighted by atomic mass is 9.90. The quantitative estimate of drug-likeness (QED) is 0.292. The van der Waals surface area contributed by atoms with Gasteiger partial charge in [0.05, 0.1) is 26.7 Å². The van der Waals surface area contributed by atoms with Gasteiger partial charge in [-0.2, -0.15) is 0 Å². The van der Waals surface area contributed by atoms with Crippen molar-refractivity contribution in [2.75, 3.05) is 32.2 Å². The fourth-order valence-corrected chi connectivity index (χ4v) is 5.71. The van der Waals surface area contributed by atoms with Crippen molar-refractivity contribution in [2.24, 2.45) is 0 Å². The molecule has 1 aliphatic rings. The number of aryl methyl sites for hydroxylation is 1. The number of hydrogen-bond donors (Lipinski definition) is 2. The molecule has 0 aromatic heterocycles. The van der Waals surface area contributed by atoms with Crippen molar-refractivity contribution < 1.29 is 24.2 Å². The Morgan fingerprint density at radius 3 is 2.33 bits per heavy atom. The summed E-state index contributed by atoms with van der Waals surface area (Å²) in [5, 5.41) is 12.8. The molecule has 0 radical (unpaired) electrons. The molecular formula is C31H35BrN2O5. The van der Waals surface area contributed by atoms with Crippen LogP contribution in [0.2, 0.25) is 0 Å². The molecule has 206 valence electrons. The first kappa shape index (κ1) is 28.5. The summed E-state index contributed by atoms with van der Waals surface area (Å²) < 4.78 is 11.2. The zero-order chi connectivity index (χ0) is 27.9. The van der Waals surface area contributed by atoms with Crippen LogP contribution < -0.4 is 19.7 Å². The summed E-state index contributed by atoms with van der Waals surface area (Å²) in [7, 11) is 3.06. The van der Waals surface area contributed by atoms with Crippen LogP contribution in [-0.4, -0.2) is 44.3 Å². The van der Waals surface area contributed by atoms with Gasteiger partial charge in [-0.25, -0.2) is 4.79 Å². The van der Waals surface area contributed by atoms with Crippen molar-refractivity contribution in [3.63, 3.8) is 0 Å². The van der Waals surface area contributed by atoms with Crippen LogP contribution in [0.3, 0.4) is 0 Å². The van der Waals surface area contributed by atoms with E-state index in [1.165, 1.54) is 25.2 Å². The molecule has 39 heavy (non-hydrogen) atoms. The number of rotatable bonds is 10. The predicted octanol–water partition coefficient (Wildman–Crippen LogP) is 6.17. The topological polar surface area (TPSA) is 88.1 Å². The number of carboxylic acids is 1. The van der Waals surface area contributed by atoms with E-state index < -0.39 is 5.97 Å². The van der Waals surface area contributed by atoms with E-state index >= 15 is 0 Å². The van der Waals surface area contributed by atoms with Gasteiger partial charge in [-0.1, -0.05) is 47.1 Å². The molecule has 1 heterocycles. The first-order valence-corrected chi connectivity index (χ1v) is 14.0. The number of piperidine rings is 1. The molecule has 3 aromatic carbocycles. The number of hydrogen-bond acceptors (Lipinski definition) is 5. The first-order chi connectivity index (χ1) is 18.9. The second-order valence-corrected chi connectivity index (χ2v) is 10.5. The third kappa shape index (κ3) is 6.56. The highest BCUT2D eigenvalue weighted by Gasteiger charge is 2.26. The molecule has 8 heteroatoms. The average Bonchev–Trinajstić information content (AvgIpc) is 2.96. The molecule has 1 aliphatic heterocycles. The maximum atomic E-state index is 13.6. The largest absolute Gasteiger partial charge is 0.497 e. The number of methoxy groups -OCH3 is 2. The fraction of sp³-hybridized carbons (Fsp3) is 0.355. The molecule has 4 rings (SSSR count). The Kier molecular flexibility index (Phi) is 9.51. The number of ether oxygens (including phenoxy) is 2. The van der Waals surface area contributed by atoms with E-state index in [0.717, 1.165) is 54.9 Å². The summed E-state index contributed by atoms with van der Waals surface area (Å²) in [5.41, 5.74) is 5.09. The number of carboxylic acid groups (broad SMARTS) is 1. The van der Waals surface area contributed by atoms with E-state index in [4.69, 9.17) is 9.47 Å². The smallest absolute Gasteiger partial charge is 0.339 e. The van der Waals surface area contributed by atoms with Crippen molar-refractivity contribution >= 4 is 33.5 Å². The number of nitrogens with one attached hydrogen (secondary N) is 1. The monoisotopic (exact) mass is 594 g/mol. The van der Waals surface area contributed by atoms with Gasteiger partial charge in [0.25, 0.3) is 0 Å². The number of halogens is 1. The maximum Gasteiger partial charge on any atom is 0.339 e. The van der Waals surface area contributed by atoms with Crippen LogP contribution in [0.25, 0.3) is 0 Å². The lowest BCUT2D eigenvalue weighted by molar-refractivity contribution is -0.120. The Hall–Kier alpha value is -3.52. The van der Waals surface area contributed by atoms with Gasteiger partial charge in [-0.15, -0.1) is 0 Å². The van der Waals surface area contributed by atoms with Gasteiger partial charge in [0.15, 0.2) is 0 Å². The Balaban J connectivity index is 1.74. The second kappa shape index (κ2) is 13.0. The van der Waals surface area contributed by atoms with Crippen LogP contribution >= 0.6 is 15.9 Å². The van der Waals surface area contributed by atoms with Crippen molar-refractivity contribution in [1.29, 1.82) is 0 Å². The number of aromatic carboxylic acids is 1. The standard InChI is InChI=1S/C31H35BrN2O5/c1-4-20-9-8-10-26(34-15-6-5-7-16-34)29(20)30(21-11-13-23(38-2)14-12-21)33-28(35)18-22-17-27(39-3)24(31(36)37)19-25(22)32/h8-14,17,19,30H,4-7,15-16,18H2,1-3H3,(H,33,35)(H,36,37). The zero-order valence-corrected chi connectivity index (χ0v) is 24.2. The predicted molar refractivity (Wildman–Crippen MR) is 156 cm³/mol. The minimum Gasteiger partial charge on any atom is -0.497 e. The lowest BCUT2D eigenvalue weighted by Crippen LogP contribution is -2.35. The van der Waals surface area contributed by atoms with Crippen LogP contribution in [0.15, 0.2) is 59.1 Å². The lowest BCUT2D eigenvalue weighted by Gasteiger charge is -2.34. The number of carbonyl (C=O) groups excluding carboxylic acids is 1. The molecular weight excluding hydrogens is 560 g/mol. The van der Waals surface area contributed by atoms with Crippen molar-refractivity contribution in [2.45, 2.75) is 45.1 Å². The molecule has 7 nitrogen and oxygen atoms in total. The van der Waals surface area contributed by atoms with Crippen molar-refractivity contribution in [1.82, 2.24) is 5.32 Å². The van der Waals surface area contributed by atoms with Gasteiger partial charge in [0, 0.05) is 28.8 Å². The number of amides is 1. The number of benzene rings is 3. The minimum atomic E-state index is -1.09. The highest BCUT2D eigenvalue weighted by atomic mass is 79.9. The second-order valence-electron chi connectivity index (χ2n) is 9.65. The van der Waals surface area contributed by atoms with Crippen LogP contribution in [0.5, 0.6) is 11.5 Å². The van der Waals surface area contributed by atoms with E-state index in [2.05, 4.69) is 51.3 Å². The van der Waals surface area contributed by atoms with Gasteiger partial charge in [0.1, 0.15) is 17.1 Å². The first-order valence-electron chi connectivity index (χ1n) is 13.3. The van der Waals surface area contributed by atoms with E-state index in [1.54, 1.807) is 13.2 Å². The van der Waals surface area contributed by atoms with Crippen molar-refractivity contribution in [3.8, 4) is 11.5 Å². The summed E-state index contributed by atoms with van der Waals surface area (Å²) in [4.78, 5) is 27.7. The van der Waals surface area contributed by atoms with E-state index in [1.807, 2.05) is 24.3 Å². The highest BCUT2D eigenvalue weighted by molar-refractivity contribution is 9.10. The Bertz CT molecular complexity index is 1320. The normalized spacial score (nSPS) is 14.0. The summed E-state index contributed by atoms with van der Waals surface area (Å²) in [6.07, 6.45) is 4.42. The molecule has 0 saturated carbocycles. The van der Waals surface area contributed by atoms with Crippen LogP contribution in [0.4, 0.5) is 5.69 Å². The maximum absolute atomic E-state index is 13.6. The Morgan fingerprint density at radius 2 is 1.72 bits per heavy atom. The van der Waals surface area contributed by atoms with Gasteiger partial charge < -0.3 is 24.8 Å². The molecule has 1 amide bonds. The molecule has 1 atom stereocenters. The number of anilines is 1. The molecule has 1 fully saturated rings. The van der Waals surface area contributed by atoms with Gasteiger partial charge >= 0.3 is 5.97 Å². The fourth-order valence-electron chi connectivity index (χ4n) is 5.22. The van der Waals surface area contributed by atoms with Crippen LogP contribution in [-0.2, 0) is 17.6 Å². The third-order valence-corrected chi connectivity index (χ3v) is 7.98. The van der Waals surface area contributed by atoms with Gasteiger partial charge in [-0.05, 0) is 72.7 Å². The molecule has 0 bridgehead atoms. The molecule has 2 N–H and O–H groups in total. The minimum absolute atomic E-state index is 0.0349. The summed E-state index contributed by atoms with van der Waals surface area (Å²) in [6, 6.07) is 16.9. The zero-order valence-electron chi connectivity index (χ0n) is 22.6. The average molecular weight is 596 g/mol. The Labute approximate surface area is 238 Å². The molecule has 0 aliphatic carbocycles. The number of carbonyl (C=O) groups is 2. The van der Waals surface area contributed by atoms with Crippen molar-refractivity contribution in [3.05, 3.63) is 86.9 Å². The molecule has 3 aromatic rings. The van der Waals surface area contributed by atoms with E-state index in [0.29, 0.717) is 10.0 Å². The van der Waals surface area contributed by atoms with Gasteiger partial charge in [0.2, 0.25) is 5.91 Å². The number of nitrogens with zero attached hydrogens (tertiary/aromatic N) is 1. The molecule has 1 saturated heterocycles. The summed E-state index contributed by atoms with van der Waals surface area (Å²) in [5.74, 6) is -0.316. The van der Waals surface area contributed by atoms with E-state index in [-0.39, 0.29) is 29.7 Å². The molecule has 1 unspecified atom stereocenters. The SMILES string of the molecule is CCc1cccc(N2CCCCC2)c1C(NC(=O)Cc1cc(OC)c(C(=O)O)cc1Br)c1ccc(OC)cc1. The summed E-state index contributed by atoms with van der Waals surface area (Å²) in [6.45, 7) is 4.12. The van der Waals surface area contributed by atoms with Crippen LogP contribution in [0.1, 0.15) is 64.8 Å². The van der Waals surface area contributed by atoms with Gasteiger partial charge in [-0.3, -0.25) is 4.79 Å². The third-order valence-electron chi connectivity index (χ3n) is 7.24. The summed E-state index contributed by atoms with van der Waals surface area (Å²) >= 11 is 3.45. The Morgan fingerprint density at radius 1 is 1.00 bits per heavy atom. The van der Waals surface area contributed by atoms with E-state index in [9.17, 15) is 14.7 Å².